The van der Waals surface area contributed by atoms with Crippen LogP contribution in [0, 0.1) is 6.92 Å². The molecule has 0 saturated heterocycles. The van der Waals surface area contributed by atoms with Crippen molar-refractivity contribution < 1.29 is 14.4 Å². The van der Waals surface area contributed by atoms with Crippen molar-refractivity contribution in [3.05, 3.63) is 65.7 Å². The number of aryl methyl sites for hydroxylation is 1. The van der Waals surface area contributed by atoms with Gasteiger partial charge in [0.15, 0.2) is 0 Å². The Morgan fingerprint density at radius 3 is 2.63 bits per heavy atom. The van der Waals surface area contributed by atoms with Crippen LogP contribution in [0.4, 0.5) is 5.82 Å². The zero-order chi connectivity index (χ0) is 21.5. The molecule has 0 aliphatic rings. The van der Waals surface area contributed by atoms with E-state index in [0.29, 0.717) is 17.9 Å². The third-order valence-electron chi connectivity index (χ3n) is 4.68. The predicted molar refractivity (Wildman–Crippen MR) is 114 cm³/mol. The summed E-state index contributed by atoms with van der Waals surface area (Å²) in [4.78, 5) is 29.6. The number of hydrogen-bond acceptors (Lipinski definition) is 7. The second-order valence-corrected chi connectivity index (χ2v) is 6.85. The molecule has 8 nitrogen and oxygen atoms in total. The highest BCUT2D eigenvalue weighted by Gasteiger charge is 2.15. The third-order valence-corrected chi connectivity index (χ3v) is 4.68. The number of carbonyl (C=O) groups excluding carboxylic acids is 1. The third kappa shape index (κ3) is 5.09. The van der Waals surface area contributed by atoms with Crippen LogP contribution in [-0.2, 0) is 4.84 Å². The number of benzene rings is 1. The first-order chi connectivity index (χ1) is 14.5. The summed E-state index contributed by atoms with van der Waals surface area (Å²) >= 11 is 0. The predicted octanol–water partition coefficient (Wildman–Crippen LogP) is 3.36. The maximum Gasteiger partial charge on any atom is 0.274 e. The summed E-state index contributed by atoms with van der Waals surface area (Å²) in [6.45, 7) is 4.65. The fourth-order valence-electron chi connectivity index (χ4n) is 3.01. The van der Waals surface area contributed by atoms with Crippen LogP contribution in [-0.4, -0.2) is 41.6 Å². The van der Waals surface area contributed by atoms with E-state index >= 15 is 0 Å². The van der Waals surface area contributed by atoms with Gasteiger partial charge in [0.25, 0.3) is 5.91 Å². The summed E-state index contributed by atoms with van der Waals surface area (Å²) in [6, 6.07) is 11.2. The van der Waals surface area contributed by atoms with Gasteiger partial charge in [-0.25, -0.2) is 15.4 Å². The minimum Gasteiger partial charge on any atom is -0.496 e. The Balaban J connectivity index is 1.71. The maximum atomic E-state index is 11.9. The minimum absolute atomic E-state index is 0.110. The van der Waals surface area contributed by atoms with E-state index in [9.17, 15) is 4.79 Å². The molecule has 2 N–H and O–H groups in total. The highest BCUT2D eigenvalue weighted by Crippen LogP contribution is 2.28. The van der Waals surface area contributed by atoms with Crippen LogP contribution < -0.4 is 15.5 Å². The van der Waals surface area contributed by atoms with Gasteiger partial charge in [-0.3, -0.25) is 14.6 Å². The van der Waals surface area contributed by atoms with Crippen LogP contribution in [0.25, 0.3) is 11.3 Å². The summed E-state index contributed by atoms with van der Waals surface area (Å²) in [5.41, 5.74) is 6.45. The van der Waals surface area contributed by atoms with Crippen LogP contribution >= 0.6 is 0 Å². The Labute approximate surface area is 175 Å². The number of nitrogens with one attached hydrogen (secondary N) is 2. The van der Waals surface area contributed by atoms with Crippen molar-refractivity contribution in [1.29, 1.82) is 0 Å². The fourth-order valence-corrected chi connectivity index (χ4v) is 3.01. The summed E-state index contributed by atoms with van der Waals surface area (Å²) in [5.74, 6) is 1.15. The van der Waals surface area contributed by atoms with E-state index in [1.165, 1.54) is 13.4 Å². The number of rotatable bonds is 8. The maximum absolute atomic E-state index is 11.9. The number of nitrogens with zero attached hydrogens (tertiary/aromatic N) is 3. The molecule has 1 amide bonds. The number of methoxy groups -OCH3 is 1. The minimum atomic E-state index is -0.327. The lowest BCUT2D eigenvalue weighted by Gasteiger charge is -2.17. The lowest BCUT2D eigenvalue weighted by molar-refractivity contribution is 0.0537. The van der Waals surface area contributed by atoms with E-state index in [4.69, 9.17) is 4.74 Å². The van der Waals surface area contributed by atoms with Gasteiger partial charge in [-0.2, -0.15) is 0 Å². The van der Waals surface area contributed by atoms with E-state index in [2.05, 4.69) is 37.5 Å². The number of aromatic nitrogens is 3. The molecule has 3 aromatic rings. The Bertz CT molecular complexity index is 1010. The molecule has 1 atom stereocenters. The van der Waals surface area contributed by atoms with Gasteiger partial charge in [-0.1, -0.05) is 13.0 Å². The SMILES string of the molecule is CONC(=O)c1ccc(C(C)CNc2cc(-c3ccc(C)nc3)ncn2)c(OC)c1. The molecule has 1 aromatic carbocycles. The topological polar surface area (TPSA) is 98.3 Å². The first-order valence-corrected chi connectivity index (χ1v) is 9.52. The zero-order valence-corrected chi connectivity index (χ0v) is 17.5. The molecule has 0 radical (unpaired) electrons. The first-order valence-electron chi connectivity index (χ1n) is 9.52. The highest BCUT2D eigenvalue weighted by molar-refractivity contribution is 5.94. The molecule has 3 rings (SSSR count). The van der Waals surface area contributed by atoms with Gasteiger partial charge < -0.3 is 10.1 Å². The molecule has 156 valence electrons. The normalized spacial score (nSPS) is 11.6. The number of amides is 1. The van der Waals surface area contributed by atoms with Crippen molar-refractivity contribution in [2.24, 2.45) is 0 Å². The van der Waals surface area contributed by atoms with Crippen molar-refractivity contribution in [3.63, 3.8) is 0 Å². The average Bonchev–Trinajstić information content (AvgIpc) is 2.78. The summed E-state index contributed by atoms with van der Waals surface area (Å²) in [5, 5.41) is 3.35. The Kier molecular flexibility index (Phi) is 6.92. The van der Waals surface area contributed by atoms with E-state index in [1.54, 1.807) is 25.4 Å². The van der Waals surface area contributed by atoms with E-state index in [1.807, 2.05) is 31.2 Å². The molecule has 1 unspecified atom stereocenters. The first kappa shape index (κ1) is 21.2. The lowest BCUT2D eigenvalue weighted by atomic mass is 9.98. The van der Waals surface area contributed by atoms with Gasteiger partial charge in [0.1, 0.15) is 17.9 Å². The molecule has 0 aliphatic heterocycles. The second kappa shape index (κ2) is 9.80. The Morgan fingerprint density at radius 1 is 1.10 bits per heavy atom. The number of carbonyl (C=O) groups is 1. The van der Waals surface area contributed by atoms with Gasteiger partial charge in [0.2, 0.25) is 0 Å². The van der Waals surface area contributed by atoms with Gasteiger partial charge in [-0.05, 0) is 36.8 Å². The van der Waals surface area contributed by atoms with Gasteiger partial charge in [0.05, 0.1) is 19.9 Å². The smallest absolute Gasteiger partial charge is 0.274 e. The van der Waals surface area contributed by atoms with E-state index in [-0.39, 0.29) is 11.8 Å². The largest absolute Gasteiger partial charge is 0.496 e. The number of hydroxylamine groups is 1. The molecule has 8 heteroatoms. The van der Waals surface area contributed by atoms with Gasteiger partial charge >= 0.3 is 0 Å². The van der Waals surface area contributed by atoms with Crippen LogP contribution in [0.1, 0.15) is 34.5 Å². The number of ether oxygens (including phenoxy) is 1. The van der Waals surface area contributed by atoms with Gasteiger partial charge in [-0.15, -0.1) is 0 Å². The number of pyridine rings is 1. The molecular formula is C22H25N5O3. The van der Waals surface area contributed by atoms with Crippen molar-refractivity contribution in [2.45, 2.75) is 19.8 Å². The molecule has 0 bridgehead atoms. The number of anilines is 1. The van der Waals surface area contributed by atoms with Gasteiger partial charge in [0, 0.05) is 41.5 Å². The average molecular weight is 407 g/mol. The summed E-state index contributed by atoms with van der Waals surface area (Å²) in [6.07, 6.45) is 3.34. The fraction of sp³-hybridized carbons (Fsp3) is 0.273. The Morgan fingerprint density at radius 2 is 1.93 bits per heavy atom. The Hall–Kier alpha value is -3.52. The van der Waals surface area contributed by atoms with Crippen LogP contribution in [0.15, 0.2) is 48.9 Å². The summed E-state index contributed by atoms with van der Waals surface area (Å²) < 4.78 is 5.49. The lowest BCUT2D eigenvalue weighted by Crippen LogP contribution is -2.22. The van der Waals surface area contributed by atoms with Crippen LogP contribution in [0.2, 0.25) is 0 Å². The zero-order valence-electron chi connectivity index (χ0n) is 17.5. The quantitative estimate of drug-likeness (QED) is 0.553. The molecule has 0 aliphatic carbocycles. The molecule has 2 heterocycles. The second-order valence-electron chi connectivity index (χ2n) is 6.85. The highest BCUT2D eigenvalue weighted by atomic mass is 16.6. The van der Waals surface area contributed by atoms with E-state index < -0.39 is 0 Å². The van der Waals surface area contributed by atoms with Crippen LogP contribution in [0.3, 0.4) is 0 Å². The molecule has 0 fully saturated rings. The van der Waals surface area contributed by atoms with Crippen molar-refractivity contribution >= 4 is 11.7 Å². The standard InChI is InChI=1S/C22H25N5O3/c1-14(18-8-7-16(9-20(18)29-3)22(28)27-30-4)11-24-21-10-19(25-13-26-21)17-6-5-15(2)23-12-17/h5-10,12-14H,11H2,1-4H3,(H,27,28)(H,24,25,26). The molecular weight excluding hydrogens is 382 g/mol. The molecule has 30 heavy (non-hydrogen) atoms. The molecule has 0 spiro atoms. The van der Waals surface area contributed by atoms with Crippen LogP contribution in [0.5, 0.6) is 5.75 Å². The molecule has 2 aromatic heterocycles. The number of hydrogen-bond donors (Lipinski definition) is 2. The van der Waals surface area contributed by atoms with Crippen molar-refractivity contribution in [2.75, 3.05) is 26.1 Å². The molecule has 0 saturated carbocycles. The monoisotopic (exact) mass is 407 g/mol. The van der Waals surface area contributed by atoms with E-state index in [0.717, 1.165) is 28.3 Å². The van der Waals surface area contributed by atoms with Crippen molar-refractivity contribution in [3.8, 4) is 17.0 Å². The summed E-state index contributed by atoms with van der Waals surface area (Å²) in [7, 11) is 2.98. The van der Waals surface area contributed by atoms with Crippen molar-refractivity contribution in [1.82, 2.24) is 20.4 Å².